The van der Waals surface area contributed by atoms with Gasteiger partial charge in [0.2, 0.25) is 5.91 Å². The molecule has 0 atom stereocenters. The van der Waals surface area contributed by atoms with Gasteiger partial charge < -0.3 is 29.3 Å². The zero-order valence-corrected chi connectivity index (χ0v) is 17.3. The van der Waals surface area contributed by atoms with E-state index in [1.165, 1.54) is 0 Å². The summed E-state index contributed by atoms with van der Waals surface area (Å²) in [6.07, 6.45) is 0.447. The van der Waals surface area contributed by atoms with E-state index < -0.39 is 0 Å². The van der Waals surface area contributed by atoms with Crippen molar-refractivity contribution in [2.45, 2.75) is 6.42 Å². The number of para-hydroxylation sites is 2. The van der Waals surface area contributed by atoms with Gasteiger partial charge in [-0.2, -0.15) is 0 Å². The lowest BCUT2D eigenvalue weighted by Gasteiger charge is -2.36. The van der Waals surface area contributed by atoms with E-state index in [1.54, 1.807) is 21.3 Å². The number of methoxy groups -OCH3 is 3. The van der Waals surface area contributed by atoms with Gasteiger partial charge >= 0.3 is 0 Å². The Morgan fingerprint density at radius 1 is 0.897 bits per heavy atom. The Morgan fingerprint density at radius 3 is 2.28 bits per heavy atom. The number of nitrogens with zero attached hydrogens (tertiary/aromatic N) is 2. The van der Waals surface area contributed by atoms with Crippen LogP contribution in [0.1, 0.15) is 6.42 Å². The normalized spacial score (nSPS) is 13.8. The van der Waals surface area contributed by atoms with Gasteiger partial charge in [-0.3, -0.25) is 4.79 Å². The summed E-state index contributed by atoms with van der Waals surface area (Å²) < 4.78 is 16.0. The van der Waals surface area contributed by atoms with E-state index in [2.05, 4.69) is 16.3 Å². The van der Waals surface area contributed by atoms with Crippen molar-refractivity contribution >= 4 is 17.3 Å². The fourth-order valence-corrected chi connectivity index (χ4v) is 3.51. The monoisotopic (exact) mass is 399 g/mol. The number of amides is 1. The van der Waals surface area contributed by atoms with E-state index in [9.17, 15) is 4.79 Å². The van der Waals surface area contributed by atoms with Crippen LogP contribution in [0.15, 0.2) is 42.5 Å². The maximum Gasteiger partial charge on any atom is 0.224 e. The quantitative estimate of drug-likeness (QED) is 0.737. The molecule has 2 aromatic rings. The molecule has 7 heteroatoms. The van der Waals surface area contributed by atoms with Gasteiger partial charge in [-0.1, -0.05) is 12.1 Å². The summed E-state index contributed by atoms with van der Waals surface area (Å²) in [6, 6.07) is 13.6. The van der Waals surface area contributed by atoms with Crippen LogP contribution in [0, 0.1) is 0 Å². The van der Waals surface area contributed by atoms with E-state index in [1.807, 2.05) is 41.3 Å². The number of carbonyl (C=O) groups is 1. The highest BCUT2D eigenvalue weighted by molar-refractivity contribution is 5.77. The number of rotatable bonds is 8. The predicted octanol–water partition coefficient (Wildman–Crippen LogP) is 2.86. The van der Waals surface area contributed by atoms with E-state index in [-0.39, 0.29) is 5.91 Å². The first kappa shape index (κ1) is 20.6. The highest BCUT2D eigenvalue weighted by atomic mass is 16.5. The Labute approximate surface area is 172 Å². The molecule has 3 rings (SSSR count). The Balaban J connectivity index is 1.47. The minimum absolute atomic E-state index is 0.164. The summed E-state index contributed by atoms with van der Waals surface area (Å²) in [5.41, 5.74) is 1.98. The van der Waals surface area contributed by atoms with Crippen molar-refractivity contribution in [1.29, 1.82) is 0 Å². The zero-order chi connectivity index (χ0) is 20.6. The van der Waals surface area contributed by atoms with Crippen molar-refractivity contribution in [2.24, 2.45) is 0 Å². The Kier molecular flexibility index (Phi) is 7.05. The summed E-state index contributed by atoms with van der Waals surface area (Å²) in [5, 5.41) is 3.28. The minimum atomic E-state index is 0.164. The molecule has 7 nitrogen and oxygen atoms in total. The van der Waals surface area contributed by atoms with E-state index in [4.69, 9.17) is 14.2 Å². The van der Waals surface area contributed by atoms with Crippen molar-refractivity contribution in [3.05, 3.63) is 42.5 Å². The van der Waals surface area contributed by atoms with Gasteiger partial charge in [0.25, 0.3) is 0 Å². The molecule has 0 unspecified atom stereocenters. The maximum absolute atomic E-state index is 12.6. The average Bonchev–Trinajstić information content (AvgIpc) is 2.78. The van der Waals surface area contributed by atoms with E-state index in [0.717, 1.165) is 30.2 Å². The molecule has 156 valence electrons. The first-order valence-electron chi connectivity index (χ1n) is 9.78. The number of carbonyl (C=O) groups excluding carboxylic acids is 1. The molecule has 0 aromatic heterocycles. The van der Waals surface area contributed by atoms with Gasteiger partial charge in [-0.15, -0.1) is 0 Å². The average molecular weight is 399 g/mol. The highest BCUT2D eigenvalue weighted by Crippen LogP contribution is 2.30. The second-order valence-electron chi connectivity index (χ2n) is 6.79. The van der Waals surface area contributed by atoms with Crippen LogP contribution in [-0.2, 0) is 4.79 Å². The van der Waals surface area contributed by atoms with Crippen LogP contribution >= 0.6 is 0 Å². The molecule has 1 heterocycles. The van der Waals surface area contributed by atoms with Crippen LogP contribution in [0.4, 0.5) is 11.4 Å². The van der Waals surface area contributed by atoms with Crippen molar-refractivity contribution in [3.63, 3.8) is 0 Å². The molecule has 0 aliphatic carbocycles. The molecular formula is C22H29N3O4. The number of hydrogen-bond acceptors (Lipinski definition) is 6. The fraction of sp³-hybridized carbons (Fsp3) is 0.409. The van der Waals surface area contributed by atoms with Crippen molar-refractivity contribution in [1.82, 2.24) is 4.90 Å². The van der Waals surface area contributed by atoms with Crippen LogP contribution in [0.2, 0.25) is 0 Å². The number of anilines is 2. The zero-order valence-electron chi connectivity index (χ0n) is 17.3. The number of benzene rings is 2. The predicted molar refractivity (Wildman–Crippen MR) is 114 cm³/mol. The molecule has 1 fully saturated rings. The SMILES string of the molecule is COc1ccc(NCCC(=O)N2CCN(c3ccccc3OC)CC2)cc1OC. The number of nitrogens with one attached hydrogen (secondary N) is 1. The van der Waals surface area contributed by atoms with E-state index >= 15 is 0 Å². The molecule has 29 heavy (non-hydrogen) atoms. The largest absolute Gasteiger partial charge is 0.495 e. The molecular weight excluding hydrogens is 370 g/mol. The third-order valence-electron chi connectivity index (χ3n) is 5.11. The van der Waals surface area contributed by atoms with Gasteiger partial charge in [0.1, 0.15) is 5.75 Å². The van der Waals surface area contributed by atoms with Crippen LogP contribution in [-0.4, -0.2) is 64.9 Å². The molecule has 0 bridgehead atoms. The summed E-state index contributed by atoms with van der Waals surface area (Å²) in [5.74, 6) is 2.38. The molecule has 1 N–H and O–H groups in total. The topological polar surface area (TPSA) is 63.3 Å². The summed E-state index contributed by atoms with van der Waals surface area (Å²) in [6.45, 7) is 3.60. The lowest BCUT2D eigenvalue weighted by Crippen LogP contribution is -2.49. The molecule has 0 saturated carbocycles. The third kappa shape index (κ3) is 5.04. The summed E-state index contributed by atoms with van der Waals surface area (Å²) in [4.78, 5) is 16.8. The van der Waals surface area contributed by atoms with E-state index in [0.29, 0.717) is 37.6 Å². The van der Waals surface area contributed by atoms with Gasteiger partial charge in [0.15, 0.2) is 11.5 Å². The van der Waals surface area contributed by atoms with Crippen LogP contribution in [0.3, 0.4) is 0 Å². The smallest absolute Gasteiger partial charge is 0.224 e. The van der Waals surface area contributed by atoms with Crippen molar-refractivity contribution < 1.29 is 19.0 Å². The molecule has 2 aromatic carbocycles. The molecule has 0 spiro atoms. The summed E-state index contributed by atoms with van der Waals surface area (Å²) in [7, 11) is 4.90. The standard InChI is InChI=1S/C22H29N3O4/c1-27-19-7-5-4-6-18(19)24-12-14-25(15-13-24)22(26)10-11-23-17-8-9-20(28-2)21(16-17)29-3/h4-9,16,23H,10-15H2,1-3H3. The van der Waals surface area contributed by atoms with Gasteiger partial charge in [-0.05, 0) is 24.3 Å². The van der Waals surface area contributed by atoms with Gasteiger partial charge in [0.05, 0.1) is 27.0 Å². The number of hydrogen-bond donors (Lipinski definition) is 1. The molecule has 1 aliphatic heterocycles. The number of ether oxygens (including phenoxy) is 3. The molecule has 1 aliphatic rings. The minimum Gasteiger partial charge on any atom is -0.495 e. The van der Waals surface area contributed by atoms with Gasteiger partial charge in [0, 0.05) is 50.9 Å². The van der Waals surface area contributed by atoms with Crippen LogP contribution < -0.4 is 24.4 Å². The molecule has 1 saturated heterocycles. The lowest BCUT2D eigenvalue weighted by atomic mass is 10.2. The van der Waals surface area contributed by atoms with Crippen LogP contribution in [0.5, 0.6) is 17.2 Å². The fourth-order valence-electron chi connectivity index (χ4n) is 3.51. The third-order valence-corrected chi connectivity index (χ3v) is 5.11. The number of piperazine rings is 1. The van der Waals surface area contributed by atoms with Gasteiger partial charge in [-0.25, -0.2) is 0 Å². The first-order valence-corrected chi connectivity index (χ1v) is 9.78. The summed E-state index contributed by atoms with van der Waals surface area (Å²) >= 11 is 0. The first-order chi connectivity index (χ1) is 14.2. The lowest BCUT2D eigenvalue weighted by molar-refractivity contribution is -0.131. The van der Waals surface area contributed by atoms with Crippen molar-refractivity contribution in [2.75, 3.05) is 64.3 Å². The Bertz CT molecular complexity index is 819. The maximum atomic E-state index is 12.6. The van der Waals surface area contributed by atoms with Crippen LogP contribution in [0.25, 0.3) is 0 Å². The van der Waals surface area contributed by atoms with Crippen molar-refractivity contribution in [3.8, 4) is 17.2 Å². The second kappa shape index (κ2) is 9.91. The molecule has 0 radical (unpaired) electrons. The molecule has 1 amide bonds. The second-order valence-corrected chi connectivity index (χ2v) is 6.79. The Morgan fingerprint density at radius 2 is 1.59 bits per heavy atom. The Hall–Kier alpha value is -3.09. The highest BCUT2D eigenvalue weighted by Gasteiger charge is 2.22.